The van der Waals surface area contributed by atoms with Crippen LogP contribution in [0.4, 0.5) is 4.39 Å². The van der Waals surface area contributed by atoms with Crippen LogP contribution in [0.5, 0.6) is 0 Å². The van der Waals surface area contributed by atoms with Gasteiger partial charge in [-0.1, -0.05) is 12.1 Å². The minimum atomic E-state index is -0.364. The normalized spacial score (nSPS) is 30.0. The van der Waals surface area contributed by atoms with Gasteiger partial charge in [-0.25, -0.2) is 4.39 Å². The third-order valence-corrected chi connectivity index (χ3v) is 5.37. The maximum atomic E-state index is 13.1. The number of likely N-dealkylation sites (tertiary alicyclic amines) is 1. The number of amides is 1. The molecule has 112 valence electrons. The number of hydrogen-bond donors (Lipinski definition) is 1. The van der Waals surface area contributed by atoms with E-state index < -0.39 is 0 Å². The zero-order chi connectivity index (χ0) is 14.4. The summed E-state index contributed by atoms with van der Waals surface area (Å²) >= 11 is 0. The van der Waals surface area contributed by atoms with Gasteiger partial charge in [-0.15, -0.1) is 0 Å². The highest BCUT2D eigenvalue weighted by atomic mass is 19.1. The maximum absolute atomic E-state index is 13.1. The SMILES string of the molecule is O=C(N1CCC2CCC(C1)N2)C1(c2ccc(F)cc2)CC1. The number of carbonyl (C=O) groups excluding carboxylic acids is 1. The molecule has 1 amide bonds. The Morgan fingerprint density at radius 2 is 1.86 bits per heavy atom. The number of hydrogen-bond acceptors (Lipinski definition) is 2. The lowest BCUT2D eigenvalue weighted by Crippen LogP contribution is -2.44. The van der Waals surface area contributed by atoms with E-state index in [1.165, 1.54) is 25.0 Å². The largest absolute Gasteiger partial charge is 0.340 e. The molecule has 4 rings (SSSR count). The molecule has 2 aliphatic heterocycles. The summed E-state index contributed by atoms with van der Waals surface area (Å²) in [7, 11) is 0. The van der Waals surface area contributed by atoms with Crippen LogP contribution < -0.4 is 5.32 Å². The first-order valence-electron chi connectivity index (χ1n) is 7.99. The fourth-order valence-corrected chi connectivity index (χ4v) is 3.95. The van der Waals surface area contributed by atoms with Crippen LogP contribution in [0.1, 0.15) is 37.7 Å². The average molecular weight is 288 g/mol. The highest BCUT2D eigenvalue weighted by Crippen LogP contribution is 2.49. The summed E-state index contributed by atoms with van der Waals surface area (Å²) in [6.07, 6.45) is 5.28. The fourth-order valence-electron chi connectivity index (χ4n) is 3.95. The predicted octanol–water partition coefficient (Wildman–Crippen LogP) is 2.21. The van der Waals surface area contributed by atoms with E-state index in [0.717, 1.165) is 37.9 Å². The number of nitrogens with zero attached hydrogens (tertiary/aromatic N) is 1. The zero-order valence-electron chi connectivity index (χ0n) is 12.1. The molecular formula is C17H21FN2O. The lowest BCUT2D eigenvalue weighted by Gasteiger charge is -2.29. The molecule has 2 atom stereocenters. The molecule has 1 aromatic rings. The predicted molar refractivity (Wildman–Crippen MR) is 78.5 cm³/mol. The molecule has 3 nitrogen and oxygen atoms in total. The van der Waals surface area contributed by atoms with Crippen LogP contribution in [-0.4, -0.2) is 36.0 Å². The Bertz CT molecular complexity index is 552. The molecule has 4 heteroatoms. The quantitative estimate of drug-likeness (QED) is 0.905. The number of rotatable bonds is 2. The minimum absolute atomic E-state index is 0.238. The van der Waals surface area contributed by atoms with Gasteiger partial charge in [0.1, 0.15) is 5.82 Å². The van der Waals surface area contributed by atoms with Gasteiger partial charge in [-0.3, -0.25) is 4.79 Å². The Labute approximate surface area is 124 Å². The van der Waals surface area contributed by atoms with Crippen LogP contribution in [0.2, 0.25) is 0 Å². The van der Waals surface area contributed by atoms with Gasteiger partial charge in [0.15, 0.2) is 0 Å². The first kappa shape index (κ1) is 13.3. The Balaban J connectivity index is 1.55. The fraction of sp³-hybridized carbons (Fsp3) is 0.588. The van der Waals surface area contributed by atoms with E-state index in [1.54, 1.807) is 12.1 Å². The van der Waals surface area contributed by atoms with Crippen LogP contribution in [-0.2, 0) is 10.2 Å². The Hall–Kier alpha value is -1.42. The average Bonchev–Trinajstić information content (AvgIpc) is 3.20. The van der Waals surface area contributed by atoms with Crippen molar-refractivity contribution in [1.82, 2.24) is 10.2 Å². The molecule has 2 saturated heterocycles. The van der Waals surface area contributed by atoms with Crippen molar-refractivity contribution in [2.45, 2.75) is 49.6 Å². The second-order valence-electron chi connectivity index (χ2n) is 6.77. The highest BCUT2D eigenvalue weighted by molar-refractivity contribution is 5.91. The Kier molecular flexibility index (Phi) is 3.03. The van der Waals surface area contributed by atoms with Crippen molar-refractivity contribution in [3.8, 4) is 0 Å². The van der Waals surface area contributed by atoms with Crippen molar-refractivity contribution in [3.05, 3.63) is 35.6 Å². The van der Waals surface area contributed by atoms with E-state index >= 15 is 0 Å². The molecule has 2 unspecified atom stereocenters. The lowest BCUT2D eigenvalue weighted by molar-refractivity contribution is -0.134. The van der Waals surface area contributed by atoms with Crippen molar-refractivity contribution >= 4 is 5.91 Å². The number of nitrogens with one attached hydrogen (secondary N) is 1. The van der Waals surface area contributed by atoms with Crippen LogP contribution in [0.3, 0.4) is 0 Å². The molecule has 0 radical (unpaired) electrons. The van der Waals surface area contributed by atoms with Crippen molar-refractivity contribution in [2.24, 2.45) is 0 Å². The Morgan fingerprint density at radius 1 is 1.14 bits per heavy atom. The molecule has 3 aliphatic rings. The molecular weight excluding hydrogens is 267 g/mol. The topological polar surface area (TPSA) is 32.3 Å². The molecule has 0 spiro atoms. The zero-order valence-corrected chi connectivity index (χ0v) is 12.1. The van der Waals surface area contributed by atoms with Crippen molar-refractivity contribution in [3.63, 3.8) is 0 Å². The van der Waals surface area contributed by atoms with E-state index in [2.05, 4.69) is 5.32 Å². The van der Waals surface area contributed by atoms with E-state index in [9.17, 15) is 9.18 Å². The second-order valence-corrected chi connectivity index (χ2v) is 6.77. The molecule has 1 saturated carbocycles. The monoisotopic (exact) mass is 288 g/mol. The molecule has 2 bridgehead atoms. The summed E-state index contributed by atoms with van der Waals surface area (Å²) in [5.74, 6) is 0.0155. The number of carbonyl (C=O) groups is 1. The van der Waals surface area contributed by atoms with Crippen LogP contribution in [0, 0.1) is 5.82 Å². The van der Waals surface area contributed by atoms with E-state index in [0.29, 0.717) is 12.1 Å². The Morgan fingerprint density at radius 3 is 2.57 bits per heavy atom. The van der Waals surface area contributed by atoms with Crippen LogP contribution in [0.25, 0.3) is 0 Å². The van der Waals surface area contributed by atoms with Gasteiger partial charge >= 0.3 is 0 Å². The van der Waals surface area contributed by atoms with E-state index in [-0.39, 0.29) is 17.1 Å². The minimum Gasteiger partial charge on any atom is -0.340 e. The van der Waals surface area contributed by atoms with Gasteiger partial charge < -0.3 is 10.2 Å². The smallest absolute Gasteiger partial charge is 0.233 e. The number of fused-ring (bicyclic) bond motifs is 2. The lowest BCUT2D eigenvalue weighted by atomic mass is 9.93. The van der Waals surface area contributed by atoms with Gasteiger partial charge in [0.05, 0.1) is 5.41 Å². The molecule has 0 aromatic heterocycles. The summed E-state index contributed by atoms with van der Waals surface area (Å²) in [6, 6.07) is 7.55. The summed E-state index contributed by atoms with van der Waals surface area (Å²) < 4.78 is 13.1. The first-order chi connectivity index (χ1) is 10.2. The molecule has 3 fully saturated rings. The third-order valence-electron chi connectivity index (χ3n) is 5.37. The molecule has 1 aromatic carbocycles. The van der Waals surface area contributed by atoms with Crippen molar-refractivity contribution < 1.29 is 9.18 Å². The van der Waals surface area contributed by atoms with E-state index in [4.69, 9.17) is 0 Å². The summed E-state index contributed by atoms with van der Waals surface area (Å²) in [6.45, 7) is 1.69. The second kappa shape index (κ2) is 4.80. The molecule has 21 heavy (non-hydrogen) atoms. The summed E-state index contributed by atoms with van der Waals surface area (Å²) in [5, 5.41) is 3.61. The molecule has 2 heterocycles. The van der Waals surface area contributed by atoms with Gasteiger partial charge in [0.25, 0.3) is 0 Å². The molecule has 1 aliphatic carbocycles. The van der Waals surface area contributed by atoms with Gasteiger partial charge in [-0.05, 0) is 49.8 Å². The van der Waals surface area contributed by atoms with Gasteiger partial charge in [0, 0.05) is 25.2 Å². The van der Waals surface area contributed by atoms with Gasteiger partial charge in [0.2, 0.25) is 5.91 Å². The number of halogens is 1. The first-order valence-corrected chi connectivity index (χ1v) is 7.99. The standard InChI is InChI=1S/C17H21FN2O/c18-13-3-1-12(2-4-13)17(8-9-17)16(21)20-10-7-14-5-6-15(11-20)19-14/h1-4,14-15,19H,5-11H2. The van der Waals surface area contributed by atoms with Gasteiger partial charge in [-0.2, -0.15) is 0 Å². The van der Waals surface area contributed by atoms with Crippen molar-refractivity contribution in [2.75, 3.05) is 13.1 Å². The number of benzene rings is 1. The molecule has 1 N–H and O–H groups in total. The van der Waals surface area contributed by atoms with E-state index in [1.807, 2.05) is 4.90 Å². The van der Waals surface area contributed by atoms with Crippen LogP contribution in [0.15, 0.2) is 24.3 Å². The van der Waals surface area contributed by atoms with Crippen molar-refractivity contribution in [1.29, 1.82) is 0 Å². The maximum Gasteiger partial charge on any atom is 0.233 e. The summed E-state index contributed by atoms with van der Waals surface area (Å²) in [5.41, 5.74) is 0.619. The highest BCUT2D eigenvalue weighted by Gasteiger charge is 2.53. The van der Waals surface area contributed by atoms with Crippen LogP contribution >= 0.6 is 0 Å². The summed E-state index contributed by atoms with van der Waals surface area (Å²) in [4.78, 5) is 15.0. The third kappa shape index (κ3) is 2.26.